The zero-order valence-electron chi connectivity index (χ0n) is 13.5. The Hall–Kier alpha value is -2.04. The van der Waals surface area contributed by atoms with Crippen LogP contribution in [0, 0.1) is 0 Å². The number of carboxylic acid groups (broad SMARTS) is 1. The lowest BCUT2D eigenvalue weighted by molar-refractivity contribution is 0.0692. The Morgan fingerprint density at radius 2 is 1.45 bits per heavy atom. The van der Waals surface area contributed by atoms with Gasteiger partial charge in [-0.2, -0.15) is 0 Å². The number of carbonyl (C=O) groups is 2. The molecule has 0 aliphatic heterocycles. The summed E-state index contributed by atoms with van der Waals surface area (Å²) in [7, 11) is 0. The molecule has 0 aliphatic carbocycles. The van der Waals surface area contributed by atoms with Gasteiger partial charge < -0.3 is 14.6 Å². The third-order valence-corrected chi connectivity index (χ3v) is 3.20. The number of carboxylic acids is 1. The lowest BCUT2D eigenvalue weighted by Crippen LogP contribution is -2.09. The molecule has 1 aromatic rings. The van der Waals surface area contributed by atoms with E-state index in [-0.39, 0.29) is 22.7 Å². The summed E-state index contributed by atoms with van der Waals surface area (Å²) in [4.78, 5) is 23.1. The fraction of sp³-hybridized carbons (Fsp3) is 0.529. The molecule has 0 aliphatic rings. The average Bonchev–Trinajstić information content (AvgIpc) is 2.47. The molecule has 0 radical (unpaired) electrons. The first kappa shape index (κ1) is 18.0. The molecule has 0 atom stereocenters. The fourth-order valence-corrected chi connectivity index (χ4v) is 1.90. The zero-order valence-corrected chi connectivity index (χ0v) is 13.5. The quantitative estimate of drug-likeness (QED) is 0.523. The van der Waals surface area contributed by atoms with Gasteiger partial charge in [0, 0.05) is 6.07 Å². The van der Waals surface area contributed by atoms with E-state index in [0.29, 0.717) is 19.0 Å². The van der Waals surface area contributed by atoms with Crippen molar-refractivity contribution in [2.75, 3.05) is 13.2 Å². The first-order valence-corrected chi connectivity index (χ1v) is 7.69. The standard InChI is InChI=1S/C17H24O5/c1-4-6-8-21-15-11-16(22-9-7-5-2)14(17(19)20)10-13(15)12(3)18/h10-11H,4-9H2,1-3H3,(H,19,20). The van der Waals surface area contributed by atoms with Crippen molar-refractivity contribution in [3.8, 4) is 11.5 Å². The minimum atomic E-state index is -1.12. The topological polar surface area (TPSA) is 72.8 Å². The zero-order chi connectivity index (χ0) is 16.5. The van der Waals surface area contributed by atoms with Gasteiger partial charge in [0.1, 0.15) is 17.1 Å². The molecule has 0 unspecified atom stereocenters. The van der Waals surface area contributed by atoms with E-state index in [1.54, 1.807) is 0 Å². The third kappa shape index (κ3) is 5.06. The molecule has 0 heterocycles. The van der Waals surface area contributed by atoms with Gasteiger partial charge in [-0.1, -0.05) is 26.7 Å². The Kier molecular flexibility index (Phi) is 7.43. The van der Waals surface area contributed by atoms with Crippen molar-refractivity contribution >= 4 is 11.8 Å². The van der Waals surface area contributed by atoms with E-state index in [4.69, 9.17) is 9.47 Å². The molecule has 0 saturated heterocycles. The number of rotatable bonds is 10. The van der Waals surface area contributed by atoms with Crippen LogP contribution in [-0.4, -0.2) is 30.1 Å². The maximum Gasteiger partial charge on any atom is 0.339 e. The predicted octanol–water partition coefficient (Wildman–Crippen LogP) is 3.95. The van der Waals surface area contributed by atoms with Crippen LogP contribution in [0.5, 0.6) is 11.5 Å². The average molecular weight is 308 g/mol. The lowest BCUT2D eigenvalue weighted by Gasteiger charge is -2.15. The largest absolute Gasteiger partial charge is 0.493 e. The van der Waals surface area contributed by atoms with Gasteiger partial charge in [0.25, 0.3) is 0 Å². The number of carbonyl (C=O) groups excluding carboxylic acids is 1. The van der Waals surface area contributed by atoms with Crippen LogP contribution in [0.1, 0.15) is 67.2 Å². The highest BCUT2D eigenvalue weighted by Gasteiger charge is 2.19. The van der Waals surface area contributed by atoms with Crippen molar-refractivity contribution in [3.05, 3.63) is 23.3 Å². The van der Waals surface area contributed by atoms with Crippen molar-refractivity contribution in [1.82, 2.24) is 0 Å². The summed E-state index contributed by atoms with van der Waals surface area (Å²) < 4.78 is 11.2. The van der Waals surface area contributed by atoms with Gasteiger partial charge in [0.15, 0.2) is 5.78 Å². The summed E-state index contributed by atoms with van der Waals surface area (Å²) in [6.07, 6.45) is 3.62. The summed E-state index contributed by atoms with van der Waals surface area (Å²) in [5, 5.41) is 9.30. The molecule has 1 rings (SSSR count). The van der Waals surface area contributed by atoms with Crippen LogP contribution in [0.2, 0.25) is 0 Å². The predicted molar refractivity (Wildman–Crippen MR) is 84.2 cm³/mol. The molecule has 0 aromatic heterocycles. The number of aromatic carboxylic acids is 1. The first-order valence-electron chi connectivity index (χ1n) is 7.69. The Balaban J connectivity index is 3.13. The molecular formula is C17H24O5. The Labute approximate surface area is 131 Å². The number of unbranched alkanes of at least 4 members (excludes halogenated alkanes) is 2. The SMILES string of the molecule is CCCCOc1cc(OCCCC)c(C(=O)O)cc1C(C)=O. The van der Waals surface area contributed by atoms with E-state index in [1.807, 2.05) is 13.8 Å². The van der Waals surface area contributed by atoms with Gasteiger partial charge >= 0.3 is 5.97 Å². The van der Waals surface area contributed by atoms with Crippen LogP contribution in [0.15, 0.2) is 12.1 Å². The molecule has 122 valence electrons. The molecule has 0 spiro atoms. The van der Waals surface area contributed by atoms with Crippen molar-refractivity contribution in [3.63, 3.8) is 0 Å². The van der Waals surface area contributed by atoms with Crippen LogP contribution in [-0.2, 0) is 0 Å². The molecule has 22 heavy (non-hydrogen) atoms. The van der Waals surface area contributed by atoms with Gasteiger partial charge in [-0.3, -0.25) is 4.79 Å². The summed E-state index contributed by atoms with van der Waals surface area (Å²) >= 11 is 0. The molecule has 5 heteroatoms. The number of benzene rings is 1. The maximum absolute atomic E-state index is 11.7. The van der Waals surface area contributed by atoms with Crippen LogP contribution in [0.25, 0.3) is 0 Å². The molecule has 0 saturated carbocycles. The van der Waals surface area contributed by atoms with E-state index in [1.165, 1.54) is 19.1 Å². The molecule has 1 N–H and O–H groups in total. The van der Waals surface area contributed by atoms with Crippen molar-refractivity contribution < 1.29 is 24.2 Å². The number of ketones is 1. The minimum Gasteiger partial charge on any atom is -0.493 e. The van der Waals surface area contributed by atoms with Gasteiger partial charge in [0.2, 0.25) is 0 Å². The highest BCUT2D eigenvalue weighted by molar-refractivity contribution is 6.01. The second-order valence-corrected chi connectivity index (χ2v) is 5.11. The van der Waals surface area contributed by atoms with Crippen molar-refractivity contribution in [2.45, 2.75) is 46.5 Å². The van der Waals surface area contributed by atoms with E-state index >= 15 is 0 Å². The normalized spacial score (nSPS) is 10.3. The molecule has 0 amide bonds. The number of hydrogen-bond donors (Lipinski definition) is 1. The summed E-state index contributed by atoms with van der Waals surface area (Å²) in [6, 6.07) is 2.86. The molecule has 0 fully saturated rings. The Bertz CT molecular complexity index is 479. The summed E-state index contributed by atoms with van der Waals surface area (Å²) in [5.41, 5.74) is 0.264. The van der Waals surface area contributed by atoms with Gasteiger partial charge in [-0.05, 0) is 25.8 Å². The van der Waals surface area contributed by atoms with Gasteiger partial charge in [0.05, 0.1) is 18.8 Å². The summed E-state index contributed by atoms with van der Waals surface area (Å²) in [5.74, 6) is -0.710. The van der Waals surface area contributed by atoms with Crippen LogP contribution >= 0.6 is 0 Å². The van der Waals surface area contributed by atoms with Crippen LogP contribution < -0.4 is 9.47 Å². The van der Waals surface area contributed by atoms with Crippen molar-refractivity contribution in [2.24, 2.45) is 0 Å². The maximum atomic E-state index is 11.7. The smallest absolute Gasteiger partial charge is 0.339 e. The Morgan fingerprint density at radius 1 is 0.955 bits per heavy atom. The molecule has 0 bridgehead atoms. The third-order valence-electron chi connectivity index (χ3n) is 3.20. The number of Topliss-reactive ketones (excluding diaryl/α,β-unsaturated/α-hetero) is 1. The molecule has 5 nitrogen and oxygen atoms in total. The van der Waals surface area contributed by atoms with E-state index < -0.39 is 5.97 Å². The van der Waals surface area contributed by atoms with E-state index in [0.717, 1.165) is 25.7 Å². The summed E-state index contributed by atoms with van der Waals surface area (Å²) in [6.45, 7) is 6.38. The van der Waals surface area contributed by atoms with Gasteiger partial charge in [-0.15, -0.1) is 0 Å². The Morgan fingerprint density at radius 3 is 1.86 bits per heavy atom. The second-order valence-electron chi connectivity index (χ2n) is 5.11. The molecular weight excluding hydrogens is 284 g/mol. The van der Waals surface area contributed by atoms with E-state index in [9.17, 15) is 14.7 Å². The number of hydrogen-bond acceptors (Lipinski definition) is 4. The lowest BCUT2D eigenvalue weighted by atomic mass is 10.1. The van der Waals surface area contributed by atoms with Crippen LogP contribution in [0.3, 0.4) is 0 Å². The van der Waals surface area contributed by atoms with Crippen LogP contribution in [0.4, 0.5) is 0 Å². The van der Waals surface area contributed by atoms with Gasteiger partial charge in [-0.25, -0.2) is 4.79 Å². The minimum absolute atomic E-state index is 0.0101. The van der Waals surface area contributed by atoms with Crippen molar-refractivity contribution in [1.29, 1.82) is 0 Å². The molecule has 1 aromatic carbocycles. The number of ether oxygens (including phenoxy) is 2. The second kappa shape index (κ2) is 9.07. The monoisotopic (exact) mass is 308 g/mol. The highest BCUT2D eigenvalue weighted by atomic mass is 16.5. The first-order chi connectivity index (χ1) is 10.5. The fourth-order valence-electron chi connectivity index (χ4n) is 1.90. The van der Waals surface area contributed by atoms with E-state index in [2.05, 4.69) is 0 Å². The highest BCUT2D eigenvalue weighted by Crippen LogP contribution is 2.30.